The lowest BCUT2D eigenvalue weighted by molar-refractivity contribution is -0.761. The van der Waals surface area contributed by atoms with Crippen molar-refractivity contribution in [1.29, 1.82) is 0 Å². The van der Waals surface area contributed by atoms with Crippen LogP contribution in [0.3, 0.4) is 0 Å². The van der Waals surface area contributed by atoms with Gasteiger partial charge in [-0.15, -0.1) is 5.10 Å². The molecule has 3 heterocycles. The van der Waals surface area contributed by atoms with Crippen LogP contribution in [0, 0.1) is 0 Å². The highest BCUT2D eigenvalue weighted by molar-refractivity contribution is 5.85. The fourth-order valence-electron chi connectivity index (χ4n) is 7.40. The molecule has 0 N–H and O–H groups in total. The summed E-state index contributed by atoms with van der Waals surface area (Å²) < 4.78 is 4.50. The highest BCUT2D eigenvalue weighted by Crippen LogP contribution is 2.47. The van der Waals surface area contributed by atoms with E-state index in [9.17, 15) is 0 Å². The van der Waals surface area contributed by atoms with Crippen LogP contribution in [0.5, 0.6) is 0 Å². The molecular formula is C41H43N4+. The summed E-state index contributed by atoms with van der Waals surface area (Å²) in [7, 11) is 0. The fraction of sp³-hybridized carbons (Fsp3) is 0.244. The highest BCUT2D eigenvalue weighted by atomic mass is 15.4. The Balaban J connectivity index is 1.48. The molecule has 5 aromatic rings. The molecule has 1 unspecified atom stereocenters. The molecular weight excluding hydrogens is 548 g/mol. The van der Waals surface area contributed by atoms with Crippen LogP contribution in [-0.2, 0) is 5.54 Å². The maximum atomic E-state index is 4.65. The largest absolute Gasteiger partial charge is 0.220 e. The van der Waals surface area contributed by atoms with E-state index in [-0.39, 0.29) is 5.54 Å². The number of fused-ring (bicyclic) bond motifs is 4. The molecule has 1 aliphatic heterocycles. The van der Waals surface area contributed by atoms with Gasteiger partial charge >= 0.3 is 0 Å². The molecule has 3 aromatic carbocycles. The number of nitrogens with zero attached hydrogens (tertiary/aromatic N) is 4. The van der Waals surface area contributed by atoms with Crippen molar-refractivity contribution in [2.75, 3.05) is 0 Å². The molecule has 1 atom stereocenters. The number of hydrogen-bond acceptors (Lipinski definition) is 2. The first-order valence-corrected chi connectivity index (χ1v) is 16.2. The van der Waals surface area contributed by atoms with Crippen molar-refractivity contribution in [1.82, 2.24) is 15.0 Å². The zero-order chi connectivity index (χ0) is 31.7. The summed E-state index contributed by atoms with van der Waals surface area (Å²) in [5.41, 5.74) is 11.1. The van der Waals surface area contributed by atoms with Gasteiger partial charge in [0.25, 0.3) is 0 Å². The minimum Gasteiger partial charge on any atom is -0.220 e. The standard InChI is InChI=1S/C41H43N4/c1-8-15-28(6)32-21-33(29(7)16-9-2)23-34(22-32)39-27-45(43-42-39)35-19-20-36-37(25-35)40-24-30-17-13-14-18-31(30)26-44(40)41(11-4,12-5)38(36)10-3/h8-9,13-27,38H,1,7,10-12H2,2-6H3/q+1. The molecule has 0 bridgehead atoms. The van der Waals surface area contributed by atoms with Crippen LogP contribution >= 0.6 is 0 Å². The van der Waals surface area contributed by atoms with Gasteiger partial charge in [0.05, 0.1) is 17.4 Å². The lowest BCUT2D eigenvalue weighted by Crippen LogP contribution is -2.62. The Kier molecular flexibility index (Phi) is 8.24. The molecule has 6 rings (SSSR count). The van der Waals surface area contributed by atoms with Crippen LogP contribution in [0.2, 0.25) is 0 Å². The van der Waals surface area contributed by atoms with E-state index in [0.717, 1.165) is 58.5 Å². The molecule has 4 nitrogen and oxygen atoms in total. The SMILES string of the molecule is C=CC=C(C)c1cc(C(=C)C=CC)cc(-c2cn(-c3ccc4c(c3)-c3cc5ccccc5c[n+]3C(CC)(CC)C4CC)nn2)c1. The average molecular weight is 592 g/mol. The second-order valence-electron chi connectivity index (χ2n) is 12.2. The second kappa shape index (κ2) is 12.3. The predicted octanol–water partition coefficient (Wildman–Crippen LogP) is 10.2. The molecule has 0 radical (unpaired) electrons. The zero-order valence-electron chi connectivity index (χ0n) is 27.2. The summed E-state index contributed by atoms with van der Waals surface area (Å²) in [6.07, 6.45) is 15.6. The first-order valence-electron chi connectivity index (χ1n) is 16.2. The smallest absolute Gasteiger partial charge is 0.213 e. The van der Waals surface area contributed by atoms with Crippen molar-refractivity contribution in [3.8, 4) is 28.2 Å². The molecule has 0 saturated heterocycles. The summed E-state index contributed by atoms with van der Waals surface area (Å²) >= 11 is 0. The van der Waals surface area contributed by atoms with Gasteiger partial charge in [-0.1, -0.05) is 87.7 Å². The van der Waals surface area contributed by atoms with Crippen molar-refractivity contribution in [2.24, 2.45) is 0 Å². The summed E-state index contributed by atoms with van der Waals surface area (Å²) in [6.45, 7) is 19.3. The number of pyridine rings is 1. The first-order chi connectivity index (χ1) is 21.9. The Bertz CT molecular complexity index is 1980. The molecule has 2 aromatic heterocycles. The van der Waals surface area contributed by atoms with Gasteiger partial charge in [0.15, 0.2) is 11.7 Å². The van der Waals surface area contributed by atoms with Crippen molar-refractivity contribution >= 4 is 21.9 Å². The van der Waals surface area contributed by atoms with E-state index in [1.54, 1.807) is 0 Å². The monoisotopic (exact) mass is 591 g/mol. The van der Waals surface area contributed by atoms with Crippen molar-refractivity contribution in [3.63, 3.8) is 0 Å². The van der Waals surface area contributed by atoms with E-state index < -0.39 is 0 Å². The van der Waals surface area contributed by atoms with Crippen molar-refractivity contribution in [3.05, 3.63) is 133 Å². The molecule has 0 spiro atoms. The van der Waals surface area contributed by atoms with Crippen molar-refractivity contribution in [2.45, 2.75) is 65.3 Å². The van der Waals surface area contributed by atoms with E-state index in [0.29, 0.717) is 5.92 Å². The molecule has 4 heteroatoms. The topological polar surface area (TPSA) is 34.6 Å². The van der Waals surface area contributed by atoms with Gasteiger partial charge in [-0.3, -0.25) is 0 Å². The van der Waals surface area contributed by atoms with Crippen LogP contribution in [0.25, 0.3) is 50.1 Å². The quantitative estimate of drug-likeness (QED) is 0.126. The van der Waals surface area contributed by atoms with E-state index in [1.165, 1.54) is 27.6 Å². The van der Waals surface area contributed by atoms with Gasteiger partial charge in [0, 0.05) is 35.8 Å². The molecule has 45 heavy (non-hydrogen) atoms. The van der Waals surface area contributed by atoms with E-state index in [4.69, 9.17) is 0 Å². The van der Waals surface area contributed by atoms with E-state index in [2.05, 4.69) is 129 Å². The minimum atomic E-state index is 0.0287. The fourth-order valence-corrected chi connectivity index (χ4v) is 7.40. The zero-order valence-corrected chi connectivity index (χ0v) is 27.2. The Morgan fingerprint density at radius 3 is 2.44 bits per heavy atom. The third kappa shape index (κ3) is 5.18. The minimum absolute atomic E-state index is 0.0287. The Morgan fingerprint density at radius 1 is 0.978 bits per heavy atom. The van der Waals surface area contributed by atoms with Gasteiger partial charge in [0.2, 0.25) is 5.69 Å². The van der Waals surface area contributed by atoms with Crippen LogP contribution < -0.4 is 4.57 Å². The molecule has 1 aliphatic rings. The van der Waals surface area contributed by atoms with Gasteiger partial charge < -0.3 is 0 Å². The second-order valence-corrected chi connectivity index (χ2v) is 12.2. The van der Waals surface area contributed by atoms with Gasteiger partial charge in [0.1, 0.15) is 5.69 Å². The number of allylic oxidation sites excluding steroid dienone is 6. The number of rotatable bonds is 9. The van der Waals surface area contributed by atoms with Crippen LogP contribution in [-0.4, -0.2) is 15.0 Å². The lowest BCUT2D eigenvalue weighted by Gasteiger charge is -2.40. The van der Waals surface area contributed by atoms with E-state index >= 15 is 0 Å². The Labute approximate surface area is 267 Å². The molecule has 226 valence electrons. The van der Waals surface area contributed by atoms with Crippen molar-refractivity contribution < 1.29 is 4.57 Å². The summed E-state index contributed by atoms with van der Waals surface area (Å²) in [4.78, 5) is 0. The van der Waals surface area contributed by atoms with E-state index in [1.807, 2.05) is 42.1 Å². The lowest BCUT2D eigenvalue weighted by atomic mass is 9.69. The molecule has 0 amide bonds. The maximum Gasteiger partial charge on any atom is 0.213 e. The van der Waals surface area contributed by atoms with Crippen LogP contribution in [0.15, 0.2) is 117 Å². The first kappa shape index (κ1) is 30.2. The predicted molar refractivity (Wildman–Crippen MR) is 189 cm³/mol. The normalized spacial score (nSPS) is 15.7. The summed E-state index contributed by atoms with van der Waals surface area (Å²) in [5.74, 6) is 0.416. The van der Waals surface area contributed by atoms with Crippen LogP contribution in [0.1, 0.15) is 76.5 Å². The number of aromatic nitrogens is 4. The van der Waals surface area contributed by atoms with Crippen LogP contribution in [0.4, 0.5) is 0 Å². The average Bonchev–Trinajstić information content (AvgIpc) is 3.57. The molecule has 0 saturated carbocycles. The molecule has 0 aliphatic carbocycles. The number of benzene rings is 3. The maximum absolute atomic E-state index is 4.65. The number of hydrogen-bond donors (Lipinski definition) is 0. The summed E-state index contributed by atoms with van der Waals surface area (Å²) in [6, 6.07) is 24.4. The highest BCUT2D eigenvalue weighted by Gasteiger charge is 2.50. The van der Waals surface area contributed by atoms with Gasteiger partial charge in [-0.05, 0) is 89.9 Å². The third-order valence-corrected chi connectivity index (χ3v) is 9.81. The van der Waals surface area contributed by atoms with Gasteiger partial charge in [-0.2, -0.15) is 4.57 Å². The van der Waals surface area contributed by atoms with Gasteiger partial charge in [-0.25, -0.2) is 4.68 Å². The third-order valence-electron chi connectivity index (χ3n) is 9.81. The Morgan fingerprint density at radius 2 is 1.73 bits per heavy atom. The molecule has 0 fully saturated rings. The summed E-state index contributed by atoms with van der Waals surface area (Å²) in [5, 5.41) is 11.8. The Hall–Kier alpha value is -4.83.